The highest BCUT2D eigenvalue weighted by Crippen LogP contribution is 2.27. The summed E-state index contributed by atoms with van der Waals surface area (Å²) >= 11 is 0. The van der Waals surface area contributed by atoms with Gasteiger partial charge in [0.2, 0.25) is 5.91 Å². The van der Waals surface area contributed by atoms with Crippen molar-refractivity contribution in [1.82, 2.24) is 29.4 Å². The second-order valence-electron chi connectivity index (χ2n) is 8.21. The molecule has 3 heterocycles. The minimum Gasteiger partial charge on any atom is -0.339 e. The number of aryl methyl sites for hydroxylation is 2. The van der Waals surface area contributed by atoms with E-state index in [-0.39, 0.29) is 30.6 Å². The van der Waals surface area contributed by atoms with Gasteiger partial charge in [-0.15, -0.1) is 5.10 Å². The summed E-state index contributed by atoms with van der Waals surface area (Å²) in [6.07, 6.45) is -4.26. The van der Waals surface area contributed by atoms with E-state index >= 15 is 0 Å². The molecule has 9 nitrogen and oxygen atoms in total. The molecule has 1 fully saturated rings. The van der Waals surface area contributed by atoms with Crippen LogP contribution in [0.5, 0.6) is 0 Å². The van der Waals surface area contributed by atoms with Crippen LogP contribution in [0.15, 0.2) is 24.3 Å². The van der Waals surface area contributed by atoms with E-state index in [1.165, 1.54) is 24.3 Å². The van der Waals surface area contributed by atoms with Gasteiger partial charge in [-0.3, -0.25) is 4.79 Å². The molecule has 2 aromatic heterocycles. The van der Waals surface area contributed by atoms with Crippen molar-refractivity contribution >= 4 is 23.4 Å². The molecule has 4 rings (SSSR count). The van der Waals surface area contributed by atoms with Gasteiger partial charge < -0.3 is 15.1 Å². The van der Waals surface area contributed by atoms with Crippen LogP contribution in [0.2, 0.25) is 0 Å². The van der Waals surface area contributed by atoms with Crippen LogP contribution in [0, 0.1) is 19.7 Å². The third-order valence-corrected chi connectivity index (χ3v) is 5.91. The van der Waals surface area contributed by atoms with Gasteiger partial charge in [-0.2, -0.15) is 18.2 Å². The minimum atomic E-state index is -4.68. The number of fused-ring (bicyclic) bond motifs is 1. The van der Waals surface area contributed by atoms with Gasteiger partial charge in [0, 0.05) is 49.7 Å². The predicted octanol–water partition coefficient (Wildman–Crippen LogP) is 3.21. The number of alkyl halides is 3. The number of nitrogens with one attached hydrogen (secondary N) is 1. The zero-order valence-electron chi connectivity index (χ0n) is 19.1. The molecule has 0 unspecified atom stereocenters. The summed E-state index contributed by atoms with van der Waals surface area (Å²) < 4.78 is 52.9. The van der Waals surface area contributed by atoms with E-state index in [2.05, 4.69) is 20.4 Å². The van der Waals surface area contributed by atoms with Gasteiger partial charge >= 0.3 is 12.2 Å². The lowest BCUT2D eigenvalue weighted by molar-refractivity contribution is -0.144. The first-order valence-corrected chi connectivity index (χ1v) is 10.9. The first-order valence-electron chi connectivity index (χ1n) is 10.9. The van der Waals surface area contributed by atoms with Crippen LogP contribution in [0.25, 0.3) is 5.78 Å². The van der Waals surface area contributed by atoms with Crippen LogP contribution in [-0.4, -0.2) is 67.5 Å². The fourth-order valence-corrected chi connectivity index (χ4v) is 3.97. The Kier molecular flexibility index (Phi) is 6.59. The number of nitrogens with zero attached hydrogens (tertiary/aromatic N) is 6. The number of anilines is 1. The zero-order chi connectivity index (χ0) is 25.3. The lowest BCUT2D eigenvalue weighted by atomic mass is 10.1. The van der Waals surface area contributed by atoms with Crippen molar-refractivity contribution < 1.29 is 27.2 Å². The molecule has 1 saturated heterocycles. The van der Waals surface area contributed by atoms with Crippen molar-refractivity contribution in [2.45, 2.75) is 32.9 Å². The first kappa shape index (κ1) is 24.4. The van der Waals surface area contributed by atoms with Crippen molar-refractivity contribution in [2.75, 3.05) is 31.5 Å². The number of piperazine rings is 1. The summed E-state index contributed by atoms with van der Waals surface area (Å²) in [4.78, 5) is 36.0. The van der Waals surface area contributed by atoms with Crippen LogP contribution in [0.3, 0.4) is 0 Å². The fourth-order valence-electron chi connectivity index (χ4n) is 3.97. The predicted molar refractivity (Wildman–Crippen MR) is 117 cm³/mol. The largest absolute Gasteiger partial charge is 0.453 e. The number of urea groups is 1. The van der Waals surface area contributed by atoms with E-state index < -0.39 is 17.8 Å². The lowest BCUT2D eigenvalue weighted by Gasteiger charge is -2.34. The maximum absolute atomic E-state index is 13.0. The number of hydrogen-bond donors (Lipinski definition) is 1. The Labute approximate surface area is 197 Å². The quantitative estimate of drug-likeness (QED) is 0.564. The van der Waals surface area contributed by atoms with E-state index in [1.54, 1.807) is 23.6 Å². The van der Waals surface area contributed by atoms with Gasteiger partial charge in [-0.05, 0) is 50.1 Å². The van der Waals surface area contributed by atoms with Crippen molar-refractivity contribution in [3.05, 3.63) is 52.9 Å². The second kappa shape index (κ2) is 9.47. The van der Waals surface area contributed by atoms with Crippen molar-refractivity contribution in [3.8, 4) is 0 Å². The molecular weight excluding hydrogens is 470 g/mol. The second-order valence-corrected chi connectivity index (χ2v) is 8.21. The maximum Gasteiger partial charge on any atom is 0.453 e. The Morgan fingerprint density at radius 3 is 2.26 bits per heavy atom. The first-order chi connectivity index (χ1) is 16.5. The molecule has 3 amide bonds. The SMILES string of the molecule is Cc1nc2nc(C(F)(F)F)nn2c(C)c1CCC(=O)N1CCN(C(=O)Nc2ccc(F)cc2)CC1. The number of carbonyl (C=O) groups excluding carboxylic acids is 2. The summed E-state index contributed by atoms with van der Waals surface area (Å²) in [6.45, 7) is 4.65. The van der Waals surface area contributed by atoms with Gasteiger partial charge in [0.1, 0.15) is 5.82 Å². The molecule has 13 heteroatoms. The molecule has 1 aliphatic rings. The van der Waals surface area contributed by atoms with Crippen LogP contribution in [-0.2, 0) is 17.4 Å². The Morgan fingerprint density at radius 2 is 1.63 bits per heavy atom. The Hall–Kier alpha value is -3.77. The zero-order valence-corrected chi connectivity index (χ0v) is 19.1. The molecule has 0 radical (unpaired) electrons. The van der Waals surface area contributed by atoms with E-state index in [0.717, 1.165) is 4.52 Å². The minimum absolute atomic E-state index is 0.128. The van der Waals surface area contributed by atoms with Gasteiger partial charge in [0.25, 0.3) is 11.6 Å². The van der Waals surface area contributed by atoms with Crippen LogP contribution in [0.4, 0.5) is 28.0 Å². The van der Waals surface area contributed by atoms with E-state index in [9.17, 15) is 27.2 Å². The highest BCUT2D eigenvalue weighted by Gasteiger charge is 2.37. The smallest absolute Gasteiger partial charge is 0.339 e. The molecule has 0 bridgehead atoms. The molecule has 0 spiro atoms. The molecular formula is C22H23F4N7O2. The number of aromatic nitrogens is 4. The Bertz CT molecular complexity index is 1250. The van der Waals surface area contributed by atoms with E-state index in [4.69, 9.17) is 0 Å². The summed E-state index contributed by atoms with van der Waals surface area (Å²) in [5, 5.41) is 6.22. The number of hydrogen-bond acceptors (Lipinski definition) is 5. The van der Waals surface area contributed by atoms with E-state index in [0.29, 0.717) is 48.8 Å². The molecule has 0 atom stereocenters. The highest BCUT2D eigenvalue weighted by molar-refractivity contribution is 5.89. The summed E-state index contributed by atoms with van der Waals surface area (Å²) in [7, 11) is 0. The molecule has 3 aromatic rings. The average Bonchev–Trinajstić information content (AvgIpc) is 3.25. The maximum atomic E-state index is 13.0. The van der Waals surface area contributed by atoms with Crippen molar-refractivity contribution in [2.24, 2.45) is 0 Å². The van der Waals surface area contributed by atoms with Crippen LogP contribution >= 0.6 is 0 Å². The number of halogens is 4. The van der Waals surface area contributed by atoms with Crippen molar-refractivity contribution in [1.29, 1.82) is 0 Å². The Morgan fingerprint density at radius 1 is 1.00 bits per heavy atom. The molecule has 0 saturated carbocycles. The number of carbonyl (C=O) groups is 2. The standard InChI is InChI=1S/C22H23F4N7O2/c1-13-17(14(2)33-20(27-13)29-19(30-33)22(24,25)26)7-8-18(34)31-9-11-32(12-10-31)21(35)28-16-5-3-15(23)4-6-16/h3-6H,7-12H2,1-2H3,(H,28,35). The topological polar surface area (TPSA) is 95.7 Å². The summed E-state index contributed by atoms with van der Waals surface area (Å²) in [5.74, 6) is -1.93. The van der Waals surface area contributed by atoms with Gasteiger partial charge in [-0.25, -0.2) is 18.7 Å². The molecule has 1 aliphatic heterocycles. The third kappa shape index (κ3) is 5.33. The lowest BCUT2D eigenvalue weighted by Crippen LogP contribution is -2.51. The summed E-state index contributed by atoms with van der Waals surface area (Å²) in [6, 6.07) is 5.10. The monoisotopic (exact) mass is 493 g/mol. The normalized spacial score (nSPS) is 14.5. The van der Waals surface area contributed by atoms with Gasteiger partial charge in [0.15, 0.2) is 0 Å². The summed E-state index contributed by atoms with van der Waals surface area (Å²) in [5.41, 5.74) is 2.06. The van der Waals surface area contributed by atoms with Crippen LogP contribution < -0.4 is 5.32 Å². The number of benzene rings is 1. The van der Waals surface area contributed by atoms with Crippen molar-refractivity contribution in [3.63, 3.8) is 0 Å². The number of rotatable bonds is 4. The molecule has 1 aromatic carbocycles. The molecule has 0 aliphatic carbocycles. The average molecular weight is 493 g/mol. The van der Waals surface area contributed by atoms with Gasteiger partial charge in [0.05, 0.1) is 0 Å². The van der Waals surface area contributed by atoms with Gasteiger partial charge in [-0.1, -0.05) is 0 Å². The highest BCUT2D eigenvalue weighted by atomic mass is 19.4. The molecule has 186 valence electrons. The third-order valence-electron chi connectivity index (χ3n) is 5.91. The fraction of sp³-hybridized carbons (Fsp3) is 0.409. The number of amides is 3. The van der Waals surface area contributed by atoms with E-state index in [1.807, 2.05) is 0 Å². The Balaban J connectivity index is 1.34. The molecule has 35 heavy (non-hydrogen) atoms. The molecule has 1 N–H and O–H groups in total. The van der Waals surface area contributed by atoms with Crippen LogP contribution in [0.1, 0.15) is 29.2 Å².